The molecule has 0 aliphatic heterocycles. The van der Waals surface area contributed by atoms with Gasteiger partial charge in [-0.3, -0.25) is 4.79 Å². The molecule has 39 heavy (non-hydrogen) atoms. The molecular formula is C30H27F2N3O4. The molecular weight excluding hydrogens is 504 g/mol. The van der Waals surface area contributed by atoms with Crippen molar-refractivity contribution in [3.63, 3.8) is 0 Å². The number of ether oxygens (including phenoxy) is 2. The molecule has 5 rings (SSSR count). The third kappa shape index (κ3) is 5.26. The van der Waals surface area contributed by atoms with E-state index in [9.17, 15) is 14.3 Å². The van der Waals surface area contributed by atoms with E-state index in [1.165, 1.54) is 30.5 Å². The summed E-state index contributed by atoms with van der Waals surface area (Å²) in [5.41, 5.74) is 0.763. The maximum absolute atomic E-state index is 15.2. The van der Waals surface area contributed by atoms with Gasteiger partial charge < -0.3 is 24.5 Å². The van der Waals surface area contributed by atoms with Crippen molar-refractivity contribution in [2.75, 3.05) is 6.61 Å². The lowest BCUT2D eigenvalue weighted by Crippen LogP contribution is -2.23. The molecule has 5 aromatic rings. The van der Waals surface area contributed by atoms with Crippen molar-refractivity contribution in [1.29, 1.82) is 0 Å². The summed E-state index contributed by atoms with van der Waals surface area (Å²) in [5, 5.41) is 11.8. The average molecular weight is 532 g/mol. The molecule has 9 heteroatoms. The SMILES string of the molecule is CCOC(=O)CCc1c(Oc2ccc(F)c(-c3ncc(C(C)(O)c4ccccc4)[nH]3)c2)c(F)cc2[nH]ccc12. The number of carbonyl (C=O) groups is 1. The van der Waals surface area contributed by atoms with E-state index in [2.05, 4.69) is 15.0 Å². The summed E-state index contributed by atoms with van der Waals surface area (Å²) >= 11 is 0. The van der Waals surface area contributed by atoms with E-state index in [1.54, 1.807) is 38.2 Å². The summed E-state index contributed by atoms with van der Waals surface area (Å²) in [6.45, 7) is 3.58. The molecule has 0 saturated carbocycles. The van der Waals surface area contributed by atoms with E-state index in [1.807, 2.05) is 18.2 Å². The third-order valence-electron chi connectivity index (χ3n) is 6.60. The van der Waals surface area contributed by atoms with Crippen molar-refractivity contribution in [2.45, 2.75) is 32.3 Å². The van der Waals surface area contributed by atoms with Crippen LogP contribution in [0.5, 0.6) is 11.5 Å². The quantitative estimate of drug-likeness (QED) is 0.192. The molecule has 0 spiro atoms. The number of H-pyrrole nitrogens is 2. The summed E-state index contributed by atoms with van der Waals surface area (Å²) in [5.74, 6) is -1.32. The van der Waals surface area contributed by atoms with E-state index in [4.69, 9.17) is 9.47 Å². The topological polar surface area (TPSA) is 100 Å². The van der Waals surface area contributed by atoms with Crippen LogP contribution in [-0.2, 0) is 21.6 Å². The molecule has 0 aliphatic carbocycles. The number of nitrogens with zero attached hydrogens (tertiary/aromatic N) is 1. The molecule has 7 nitrogen and oxygen atoms in total. The number of fused-ring (bicyclic) bond motifs is 1. The van der Waals surface area contributed by atoms with E-state index in [0.717, 1.165) is 0 Å². The lowest BCUT2D eigenvalue weighted by molar-refractivity contribution is -0.143. The minimum absolute atomic E-state index is 0.0408. The van der Waals surface area contributed by atoms with Crippen molar-refractivity contribution in [1.82, 2.24) is 15.0 Å². The fourth-order valence-corrected chi connectivity index (χ4v) is 4.53. The van der Waals surface area contributed by atoms with Crippen LogP contribution >= 0.6 is 0 Å². The van der Waals surface area contributed by atoms with Gasteiger partial charge in [0.1, 0.15) is 23.0 Å². The van der Waals surface area contributed by atoms with Gasteiger partial charge >= 0.3 is 5.97 Å². The maximum atomic E-state index is 15.2. The van der Waals surface area contributed by atoms with Gasteiger partial charge in [-0.2, -0.15) is 0 Å². The maximum Gasteiger partial charge on any atom is 0.306 e. The number of aromatic nitrogens is 3. The van der Waals surface area contributed by atoms with Crippen LogP contribution < -0.4 is 4.74 Å². The van der Waals surface area contributed by atoms with E-state index >= 15 is 4.39 Å². The number of nitrogens with one attached hydrogen (secondary N) is 2. The van der Waals surface area contributed by atoms with Gasteiger partial charge in [0.2, 0.25) is 0 Å². The van der Waals surface area contributed by atoms with Crippen LogP contribution in [-0.4, -0.2) is 32.6 Å². The van der Waals surface area contributed by atoms with Crippen molar-refractivity contribution in [3.8, 4) is 22.9 Å². The molecule has 1 atom stereocenters. The predicted molar refractivity (Wildman–Crippen MR) is 142 cm³/mol. The van der Waals surface area contributed by atoms with Gasteiger partial charge in [-0.1, -0.05) is 30.3 Å². The summed E-state index contributed by atoms with van der Waals surface area (Å²) in [4.78, 5) is 22.3. The molecule has 1 unspecified atom stereocenters. The first kappa shape index (κ1) is 26.1. The first-order valence-corrected chi connectivity index (χ1v) is 12.5. The minimum Gasteiger partial charge on any atom is -0.466 e. The number of halogens is 2. The molecule has 200 valence electrons. The number of benzene rings is 3. The molecule has 2 heterocycles. The Morgan fingerprint density at radius 3 is 2.64 bits per heavy atom. The number of aromatic amines is 2. The van der Waals surface area contributed by atoms with Crippen molar-refractivity contribution in [2.24, 2.45) is 0 Å². The summed E-state index contributed by atoms with van der Waals surface area (Å²) in [6, 6.07) is 16.1. The number of hydrogen-bond donors (Lipinski definition) is 3. The smallest absolute Gasteiger partial charge is 0.306 e. The molecule has 0 radical (unpaired) electrons. The third-order valence-corrected chi connectivity index (χ3v) is 6.60. The minimum atomic E-state index is -1.39. The van der Waals surface area contributed by atoms with Gasteiger partial charge in [0.05, 0.1) is 24.1 Å². The van der Waals surface area contributed by atoms with Gasteiger partial charge in [0.15, 0.2) is 11.6 Å². The zero-order valence-electron chi connectivity index (χ0n) is 21.4. The monoisotopic (exact) mass is 531 g/mol. The lowest BCUT2D eigenvalue weighted by Gasteiger charge is -2.22. The normalized spacial score (nSPS) is 12.8. The summed E-state index contributed by atoms with van der Waals surface area (Å²) < 4.78 is 41.2. The Labute approximate surface area is 223 Å². The van der Waals surface area contributed by atoms with Crippen molar-refractivity contribution in [3.05, 3.63) is 102 Å². The number of aryl methyl sites for hydroxylation is 1. The molecule has 2 aromatic heterocycles. The highest BCUT2D eigenvalue weighted by Crippen LogP contribution is 2.37. The number of carbonyl (C=O) groups excluding carboxylic acids is 1. The fourth-order valence-electron chi connectivity index (χ4n) is 4.53. The number of esters is 1. The first-order chi connectivity index (χ1) is 18.8. The Balaban J connectivity index is 1.48. The molecule has 0 aliphatic rings. The lowest BCUT2D eigenvalue weighted by atomic mass is 9.93. The number of hydrogen-bond acceptors (Lipinski definition) is 5. The van der Waals surface area contributed by atoms with Crippen LogP contribution in [0.1, 0.15) is 37.1 Å². The van der Waals surface area contributed by atoms with Crippen molar-refractivity contribution >= 4 is 16.9 Å². The zero-order chi connectivity index (χ0) is 27.6. The Bertz CT molecular complexity index is 1630. The first-order valence-electron chi connectivity index (χ1n) is 12.5. The zero-order valence-corrected chi connectivity index (χ0v) is 21.4. The largest absolute Gasteiger partial charge is 0.466 e. The molecule has 0 amide bonds. The summed E-state index contributed by atoms with van der Waals surface area (Å²) in [7, 11) is 0. The Kier molecular flexibility index (Phi) is 7.17. The van der Waals surface area contributed by atoms with Gasteiger partial charge in [-0.15, -0.1) is 0 Å². The highest BCUT2D eigenvalue weighted by atomic mass is 19.1. The molecule has 0 bridgehead atoms. The highest BCUT2D eigenvalue weighted by Gasteiger charge is 2.28. The predicted octanol–water partition coefficient (Wildman–Crippen LogP) is 6.38. The van der Waals surface area contributed by atoms with Crippen molar-refractivity contribution < 1.29 is 28.2 Å². The number of aliphatic hydroxyl groups is 1. The van der Waals surface area contributed by atoms with Crippen LogP contribution in [0, 0.1) is 11.6 Å². The highest BCUT2D eigenvalue weighted by molar-refractivity contribution is 5.86. The second kappa shape index (κ2) is 10.7. The summed E-state index contributed by atoms with van der Waals surface area (Å²) in [6.07, 6.45) is 3.35. The van der Waals surface area contributed by atoms with Gasteiger partial charge in [0.25, 0.3) is 0 Å². The number of imidazole rings is 1. The molecule has 0 saturated heterocycles. The molecule has 3 N–H and O–H groups in total. The second-order valence-electron chi connectivity index (χ2n) is 9.24. The van der Waals surface area contributed by atoms with Crippen LogP contribution in [0.25, 0.3) is 22.3 Å². The van der Waals surface area contributed by atoms with Gasteiger partial charge in [-0.25, -0.2) is 13.8 Å². The Morgan fingerprint density at radius 1 is 1.08 bits per heavy atom. The van der Waals surface area contributed by atoms with E-state index in [0.29, 0.717) is 27.7 Å². The van der Waals surface area contributed by atoms with Crippen LogP contribution in [0.15, 0.2) is 73.1 Å². The standard InChI is InChI=1S/C30H27F2N3O4/c1-3-38-27(36)12-10-21-20-13-14-33-25(20)16-24(32)28(21)39-19-9-11-23(31)22(15-19)29-34-17-26(35-29)30(2,37)18-7-5-4-6-8-18/h4-9,11,13-17,33,37H,3,10,12H2,1-2H3,(H,34,35). The Morgan fingerprint density at radius 2 is 1.87 bits per heavy atom. The Hall–Kier alpha value is -4.50. The average Bonchev–Trinajstić information content (AvgIpc) is 3.61. The number of rotatable bonds is 9. The molecule has 3 aromatic carbocycles. The van der Waals surface area contributed by atoms with E-state index < -0.39 is 23.2 Å². The van der Waals surface area contributed by atoms with Crippen LogP contribution in [0.4, 0.5) is 8.78 Å². The second-order valence-corrected chi connectivity index (χ2v) is 9.24. The van der Waals surface area contributed by atoms with Gasteiger partial charge in [0, 0.05) is 35.2 Å². The fraction of sp³-hybridized carbons (Fsp3) is 0.200. The van der Waals surface area contributed by atoms with Crippen LogP contribution in [0.2, 0.25) is 0 Å². The van der Waals surface area contributed by atoms with Gasteiger partial charge in [-0.05, 0) is 50.1 Å². The molecule has 0 fully saturated rings. The van der Waals surface area contributed by atoms with Crippen LogP contribution in [0.3, 0.4) is 0 Å². The van der Waals surface area contributed by atoms with E-state index in [-0.39, 0.29) is 42.3 Å².